The number of amides is 1. The van der Waals surface area contributed by atoms with E-state index in [2.05, 4.69) is 5.32 Å². The van der Waals surface area contributed by atoms with Crippen LogP contribution in [0, 0.1) is 5.21 Å². The molecular weight excluding hydrogens is 386 g/mol. The monoisotopic (exact) mass is 407 g/mol. The molecule has 10 heteroatoms. The van der Waals surface area contributed by atoms with E-state index in [0.717, 1.165) is 12.4 Å². The number of nitrogens with zero attached hydrogens (tertiary/aromatic N) is 2. The van der Waals surface area contributed by atoms with Gasteiger partial charge >= 0.3 is 5.97 Å². The Kier molecular flexibility index (Phi) is 6.71. The van der Waals surface area contributed by atoms with Crippen LogP contribution in [0.2, 0.25) is 0 Å². The van der Waals surface area contributed by atoms with Gasteiger partial charge in [-0.2, -0.15) is 9.04 Å². The lowest BCUT2D eigenvalue weighted by Crippen LogP contribution is -2.33. The summed E-state index contributed by atoms with van der Waals surface area (Å²) >= 11 is 0. The molecule has 1 heterocycles. The zero-order valence-corrected chi connectivity index (χ0v) is 16.5. The van der Waals surface area contributed by atoms with Crippen LogP contribution in [0.5, 0.6) is 0 Å². The van der Waals surface area contributed by atoms with Gasteiger partial charge in [-0.25, -0.2) is 13.2 Å². The highest BCUT2D eigenvalue weighted by Crippen LogP contribution is 2.19. The van der Waals surface area contributed by atoms with Gasteiger partial charge in [0.25, 0.3) is 5.91 Å². The second-order valence-electron chi connectivity index (χ2n) is 6.21. The predicted octanol–water partition coefficient (Wildman–Crippen LogP) is 1.14. The Bertz CT molecular complexity index is 940. The molecule has 2 rings (SSSR count). The fourth-order valence-corrected chi connectivity index (χ4v) is 3.48. The molecule has 9 nitrogen and oxygen atoms in total. The third kappa shape index (κ3) is 5.27. The molecule has 0 saturated carbocycles. The number of nitrogens with one attached hydrogen (secondary N) is 1. The van der Waals surface area contributed by atoms with Crippen molar-refractivity contribution in [2.45, 2.75) is 24.8 Å². The van der Waals surface area contributed by atoms with Crippen LogP contribution in [0.25, 0.3) is 0 Å². The normalized spacial score (nSPS) is 11.5. The maximum Gasteiger partial charge on any atom is 0.339 e. The molecule has 1 aromatic heterocycles. The molecule has 1 N–H and O–H groups in total. The summed E-state index contributed by atoms with van der Waals surface area (Å²) in [4.78, 5) is 23.8. The van der Waals surface area contributed by atoms with E-state index in [1.165, 1.54) is 47.8 Å². The van der Waals surface area contributed by atoms with Gasteiger partial charge < -0.3 is 15.3 Å². The van der Waals surface area contributed by atoms with Crippen molar-refractivity contribution in [2.24, 2.45) is 0 Å². The summed E-state index contributed by atoms with van der Waals surface area (Å²) < 4.78 is 31.4. The number of esters is 1. The van der Waals surface area contributed by atoms with Crippen LogP contribution in [0.3, 0.4) is 0 Å². The number of hydrogen-bond donors (Lipinski definition) is 1. The Labute approximate surface area is 163 Å². The molecule has 2 aromatic rings. The van der Waals surface area contributed by atoms with Crippen LogP contribution >= 0.6 is 0 Å². The van der Waals surface area contributed by atoms with Crippen LogP contribution in [0.15, 0.2) is 53.7 Å². The first-order valence-electron chi connectivity index (χ1n) is 8.35. The lowest BCUT2D eigenvalue weighted by Gasteiger charge is -2.21. The molecule has 0 aliphatic heterocycles. The SMILES string of the molecule is CC(C)N(C)S(=O)(=O)c1ccc(NC(=O)COC(=O)c2cc[n+]([O-])cc2)cc1. The van der Waals surface area contributed by atoms with Crippen molar-refractivity contribution in [3.63, 3.8) is 0 Å². The highest BCUT2D eigenvalue weighted by atomic mass is 32.2. The number of hydrogen-bond acceptors (Lipinski definition) is 6. The summed E-state index contributed by atoms with van der Waals surface area (Å²) in [6.07, 6.45) is 2.28. The highest BCUT2D eigenvalue weighted by Gasteiger charge is 2.22. The van der Waals surface area contributed by atoms with Gasteiger partial charge in [0.15, 0.2) is 19.0 Å². The number of carbonyl (C=O) groups is 2. The van der Waals surface area contributed by atoms with Gasteiger partial charge in [0, 0.05) is 30.9 Å². The molecular formula is C18H21N3O6S. The van der Waals surface area contributed by atoms with Gasteiger partial charge in [0.2, 0.25) is 10.0 Å². The Hall–Kier alpha value is -2.98. The molecule has 150 valence electrons. The number of anilines is 1. The number of aromatic nitrogens is 1. The lowest BCUT2D eigenvalue weighted by molar-refractivity contribution is -0.605. The summed E-state index contributed by atoms with van der Waals surface area (Å²) in [6, 6.07) is 8.04. The van der Waals surface area contributed by atoms with E-state index in [9.17, 15) is 23.2 Å². The number of carbonyl (C=O) groups excluding carboxylic acids is 2. The van der Waals surface area contributed by atoms with E-state index < -0.39 is 28.5 Å². The predicted molar refractivity (Wildman–Crippen MR) is 101 cm³/mol. The van der Waals surface area contributed by atoms with Crippen LogP contribution in [0.4, 0.5) is 5.69 Å². The van der Waals surface area contributed by atoms with Crippen molar-refractivity contribution in [1.29, 1.82) is 0 Å². The van der Waals surface area contributed by atoms with Crippen LogP contribution in [-0.2, 0) is 19.6 Å². The summed E-state index contributed by atoms with van der Waals surface area (Å²) in [5, 5.41) is 13.4. The van der Waals surface area contributed by atoms with Gasteiger partial charge in [-0.15, -0.1) is 0 Å². The smallest absolute Gasteiger partial charge is 0.339 e. The first-order chi connectivity index (χ1) is 13.1. The molecule has 0 unspecified atom stereocenters. The standard InChI is InChI=1S/C18H21N3O6S/c1-13(2)20(3)28(25,26)16-6-4-15(5-7-16)19-17(22)12-27-18(23)14-8-10-21(24)11-9-14/h4-11,13H,12H2,1-3H3,(H,19,22). The van der Waals surface area contributed by atoms with E-state index in [1.807, 2.05) is 0 Å². The molecule has 0 fully saturated rings. The minimum Gasteiger partial charge on any atom is -0.619 e. The Morgan fingerprint density at radius 2 is 1.71 bits per heavy atom. The Morgan fingerprint density at radius 3 is 2.25 bits per heavy atom. The van der Waals surface area contributed by atoms with Gasteiger partial charge in [-0.3, -0.25) is 4.79 Å². The Morgan fingerprint density at radius 1 is 1.14 bits per heavy atom. The maximum absolute atomic E-state index is 12.4. The third-order valence-electron chi connectivity index (χ3n) is 3.91. The van der Waals surface area contributed by atoms with Crippen molar-refractivity contribution in [1.82, 2.24) is 4.31 Å². The minimum absolute atomic E-state index is 0.104. The zero-order chi connectivity index (χ0) is 20.9. The summed E-state index contributed by atoms with van der Waals surface area (Å²) in [5.74, 6) is -1.33. The molecule has 0 bridgehead atoms. The van der Waals surface area contributed by atoms with Crippen molar-refractivity contribution in [3.8, 4) is 0 Å². The molecule has 28 heavy (non-hydrogen) atoms. The topological polar surface area (TPSA) is 120 Å². The number of pyridine rings is 1. The Balaban J connectivity index is 1.94. The second kappa shape index (κ2) is 8.81. The van der Waals surface area contributed by atoms with Crippen LogP contribution in [-0.4, -0.2) is 44.3 Å². The van der Waals surface area contributed by atoms with E-state index in [-0.39, 0.29) is 16.5 Å². The third-order valence-corrected chi connectivity index (χ3v) is 5.96. The maximum atomic E-state index is 12.4. The van der Waals surface area contributed by atoms with E-state index in [0.29, 0.717) is 10.4 Å². The van der Waals surface area contributed by atoms with Crippen LogP contribution < -0.4 is 10.0 Å². The summed E-state index contributed by atoms with van der Waals surface area (Å²) in [7, 11) is -2.12. The van der Waals surface area contributed by atoms with E-state index >= 15 is 0 Å². The summed E-state index contributed by atoms with van der Waals surface area (Å²) in [5.41, 5.74) is 0.503. The van der Waals surface area contributed by atoms with E-state index in [4.69, 9.17) is 4.74 Å². The average molecular weight is 407 g/mol. The number of ether oxygens (including phenoxy) is 1. The molecule has 0 aliphatic carbocycles. The largest absolute Gasteiger partial charge is 0.619 e. The molecule has 0 atom stereocenters. The van der Waals surface area contributed by atoms with Gasteiger partial charge in [-0.1, -0.05) is 0 Å². The molecule has 0 aliphatic rings. The fraction of sp³-hybridized carbons (Fsp3) is 0.278. The quantitative estimate of drug-likeness (QED) is 0.418. The van der Waals surface area contributed by atoms with E-state index in [1.54, 1.807) is 13.8 Å². The fourth-order valence-electron chi connectivity index (χ4n) is 2.11. The van der Waals surface area contributed by atoms with Crippen molar-refractivity contribution in [2.75, 3.05) is 19.0 Å². The first-order valence-corrected chi connectivity index (χ1v) is 9.79. The van der Waals surface area contributed by atoms with Gasteiger partial charge in [-0.05, 0) is 38.1 Å². The van der Waals surface area contributed by atoms with Crippen molar-refractivity contribution >= 4 is 27.6 Å². The summed E-state index contributed by atoms with van der Waals surface area (Å²) in [6.45, 7) is 3.00. The zero-order valence-electron chi connectivity index (χ0n) is 15.7. The van der Waals surface area contributed by atoms with Gasteiger partial charge in [0.05, 0.1) is 10.5 Å². The molecule has 0 radical (unpaired) electrons. The van der Waals surface area contributed by atoms with Gasteiger partial charge in [0.1, 0.15) is 0 Å². The number of benzene rings is 1. The first kappa shape index (κ1) is 21.3. The average Bonchev–Trinajstić information content (AvgIpc) is 2.66. The second-order valence-corrected chi connectivity index (χ2v) is 8.21. The lowest BCUT2D eigenvalue weighted by atomic mass is 10.3. The minimum atomic E-state index is -3.61. The van der Waals surface area contributed by atoms with Crippen LogP contribution in [0.1, 0.15) is 24.2 Å². The number of rotatable bonds is 7. The molecule has 1 aromatic carbocycles. The molecule has 0 spiro atoms. The van der Waals surface area contributed by atoms with Crippen molar-refractivity contribution in [3.05, 3.63) is 59.6 Å². The number of sulfonamides is 1. The van der Waals surface area contributed by atoms with Crippen molar-refractivity contribution < 1.29 is 27.5 Å². The molecule has 0 saturated heterocycles. The molecule has 1 amide bonds. The highest BCUT2D eigenvalue weighted by molar-refractivity contribution is 7.89.